The van der Waals surface area contributed by atoms with E-state index in [2.05, 4.69) is 20.5 Å². The third-order valence-electron chi connectivity index (χ3n) is 5.99. The van der Waals surface area contributed by atoms with Crippen molar-refractivity contribution in [3.8, 4) is 11.5 Å². The molecule has 0 spiro atoms. The number of aryl methyl sites for hydroxylation is 1. The summed E-state index contributed by atoms with van der Waals surface area (Å²) in [6, 6.07) is 26.1. The van der Waals surface area contributed by atoms with Crippen LogP contribution in [0.4, 0.5) is 23.1 Å². The molecule has 2 N–H and O–H groups in total. The normalized spacial score (nSPS) is 13.2. The maximum atomic E-state index is 12.7. The molecule has 5 rings (SSSR count). The highest BCUT2D eigenvalue weighted by atomic mass is 16.5. The molecule has 1 aromatic heterocycles. The van der Waals surface area contributed by atoms with Gasteiger partial charge in [-0.1, -0.05) is 18.2 Å². The van der Waals surface area contributed by atoms with Crippen LogP contribution in [0.5, 0.6) is 11.5 Å². The molecule has 182 valence electrons. The lowest BCUT2D eigenvalue weighted by Gasteiger charge is -2.27. The average molecular weight is 480 g/mol. The van der Waals surface area contributed by atoms with Crippen LogP contribution in [0.15, 0.2) is 84.9 Å². The van der Waals surface area contributed by atoms with Crippen molar-refractivity contribution in [1.29, 1.82) is 0 Å². The lowest BCUT2D eigenvalue weighted by Crippen LogP contribution is -2.31. The monoisotopic (exact) mass is 479 g/mol. The number of aromatic nitrogens is 2. The Morgan fingerprint density at radius 2 is 1.47 bits per heavy atom. The zero-order valence-electron chi connectivity index (χ0n) is 20.3. The Hall–Kier alpha value is -4.39. The minimum absolute atomic E-state index is 0.181. The minimum atomic E-state index is -0.181. The average Bonchev–Trinajstić information content (AvgIpc) is 2.91. The lowest BCUT2D eigenvalue weighted by atomic mass is 10.1. The molecule has 1 aliphatic rings. The van der Waals surface area contributed by atoms with Crippen molar-refractivity contribution in [3.63, 3.8) is 0 Å². The van der Waals surface area contributed by atoms with E-state index < -0.39 is 0 Å². The predicted octanol–water partition coefficient (Wildman–Crippen LogP) is 6.56. The maximum absolute atomic E-state index is 12.7. The Morgan fingerprint density at radius 3 is 2.19 bits per heavy atom. The number of rotatable bonds is 7. The molecule has 2 heterocycles. The first-order chi connectivity index (χ1) is 17.6. The van der Waals surface area contributed by atoms with Crippen LogP contribution in [-0.4, -0.2) is 29.0 Å². The molecule has 4 aromatic rings. The summed E-state index contributed by atoms with van der Waals surface area (Å²) in [6.45, 7) is 3.99. The van der Waals surface area contributed by atoms with Crippen molar-refractivity contribution in [3.05, 3.63) is 96.2 Å². The van der Waals surface area contributed by atoms with Gasteiger partial charge >= 0.3 is 0 Å². The molecule has 0 saturated carbocycles. The van der Waals surface area contributed by atoms with Crippen LogP contribution in [0.3, 0.4) is 0 Å². The molecule has 1 fully saturated rings. The van der Waals surface area contributed by atoms with Crippen LogP contribution in [0.1, 0.15) is 35.3 Å². The molecule has 0 aliphatic carbocycles. The number of anilines is 4. The molecule has 0 atom stereocenters. The van der Waals surface area contributed by atoms with E-state index in [9.17, 15) is 4.79 Å². The molecule has 1 amide bonds. The number of hydrogen-bond acceptors (Lipinski definition) is 6. The Balaban J connectivity index is 1.19. The third kappa shape index (κ3) is 5.99. The Labute approximate surface area is 211 Å². The molecule has 7 nitrogen and oxygen atoms in total. The second-order valence-corrected chi connectivity index (χ2v) is 8.84. The quantitative estimate of drug-likeness (QED) is 0.312. The summed E-state index contributed by atoms with van der Waals surface area (Å²) >= 11 is 0. The van der Waals surface area contributed by atoms with E-state index >= 15 is 0 Å². The van der Waals surface area contributed by atoms with Crippen LogP contribution in [0, 0.1) is 6.92 Å². The second-order valence-electron chi connectivity index (χ2n) is 8.84. The van der Waals surface area contributed by atoms with Crippen LogP contribution in [0.25, 0.3) is 0 Å². The zero-order chi connectivity index (χ0) is 24.7. The van der Waals surface area contributed by atoms with E-state index in [1.807, 2.05) is 67.6 Å². The fourth-order valence-electron chi connectivity index (χ4n) is 4.14. The maximum Gasteiger partial charge on any atom is 0.255 e. The van der Waals surface area contributed by atoms with E-state index in [-0.39, 0.29) is 5.91 Å². The number of carbonyl (C=O) groups is 1. The van der Waals surface area contributed by atoms with Crippen LogP contribution >= 0.6 is 0 Å². The molecule has 1 saturated heterocycles. The summed E-state index contributed by atoms with van der Waals surface area (Å²) in [5.74, 6) is 2.79. The first kappa shape index (κ1) is 23.4. The fourth-order valence-corrected chi connectivity index (χ4v) is 4.14. The van der Waals surface area contributed by atoms with Gasteiger partial charge in [0.05, 0.1) is 0 Å². The van der Waals surface area contributed by atoms with E-state index in [0.717, 1.165) is 42.0 Å². The first-order valence-corrected chi connectivity index (χ1v) is 12.2. The fraction of sp³-hybridized carbons (Fsp3) is 0.207. The Kier molecular flexibility index (Phi) is 7.07. The summed E-state index contributed by atoms with van der Waals surface area (Å²) < 4.78 is 5.79. The topological polar surface area (TPSA) is 79.4 Å². The van der Waals surface area contributed by atoms with E-state index in [0.29, 0.717) is 17.0 Å². The number of hydrogen-bond donors (Lipinski definition) is 2. The van der Waals surface area contributed by atoms with Gasteiger partial charge in [-0.2, -0.15) is 4.98 Å². The van der Waals surface area contributed by atoms with Gasteiger partial charge in [-0.25, -0.2) is 4.98 Å². The number of ether oxygens (including phenoxy) is 1. The molecule has 7 heteroatoms. The van der Waals surface area contributed by atoms with Gasteiger partial charge in [-0.05, 0) is 86.8 Å². The Morgan fingerprint density at radius 1 is 0.806 bits per heavy atom. The number of para-hydroxylation sites is 1. The van der Waals surface area contributed by atoms with Crippen molar-refractivity contribution < 1.29 is 9.53 Å². The minimum Gasteiger partial charge on any atom is -0.457 e. The summed E-state index contributed by atoms with van der Waals surface area (Å²) in [5, 5.41) is 6.30. The molecule has 3 aromatic carbocycles. The van der Waals surface area contributed by atoms with Crippen LogP contribution < -0.4 is 20.3 Å². The second kappa shape index (κ2) is 10.9. The number of carbonyl (C=O) groups excluding carboxylic acids is 1. The zero-order valence-corrected chi connectivity index (χ0v) is 20.3. The van der Waals surface area contributed by atoms with Crippen molar-refractivity contribution in [2.45, 2.75) is 26.2 Å². The smallest absolute Gasteiger partial charge is 0.255 e. The van der Waals surface area contributed by atoms with E-state index in [4.69, 9.17) is 9.72 Å². The summed E-state index contributed by atoms with van der Waals surface area (Å²) in [6.07, 6.45) is 3.63. The first-order valence-electron chi connectivity index (χ1n) is 12.2. The molecule has 36 heavy (non-hydrogen) atoms. The molecular weight excluding hydrogens is 450 g/mol. The molecule has 0 bridgehead atoms. The standard InChI is InChI=1S/C29H29N5O2/c1-21-20-27(33-29(30-21)34-18-6-3-7-19-34)31-23-12-14-24(15-13-23)32-28(35)22-10-16-26(17-11-22)36-25-8-4-2-5-9-25/h2,4-5,8-17,20H,3,6-7,18-19H2,1H3,(H,32,35)(H,30,31,33). The molecule has 1 aliphatic heterocycles. The Bertz CT molecular complexity index is 1300. The van der Waals surface area contributed by atoms with Crippen LogP contribution in [-0.2, 0) is 0 Å². The molecule has 0 unspecified atom stereocenters. The number of nitrogens with zero attached hydrogens (tertiary/aromatic N) is 3. The lowest BCUT2D eigenvalue weighted by molar-refractivity contribution is 0.102. The van der Waals surface area contributed by atoms with Gasteiger partial charge in [0.15, 0.2) is 0 Å². The number of amides is 1. The summed E-state index contributed by atoms with van der Waals surface area (Å²) in [4.78, 5) is 24.3. The van der Waals surface area contributed by atoms with Gasteiger partial charge in [-0.15, -0.1) is 0 Å². The highest BCUT2D eigenvalue weighted by Gasteiger charge is 2.15. The van der Waals surface area contributed by atoms with Gasteiger partial charge in [0.1, 0.15) is 17.3 Å². The highest BCUT2D eigenvalue weighted by molar-refractivity contribution is 6.04. The third-order valence-corrected chi connectivity index (χ3v) is 5.99. The predicted molar refractivity (Wildman–Crippen MR) is 143 cm³/mol. The van der Waals surface area contributed by atoms with E-state index in [1.165, 1.54) is 19.3 Å². The van der Waals surface area contributed by atoms with Gasteiger partial charge in [0, 0.05) is 41.8 Å². The summed E-state index contributed by atoms with van der Waals surface area (Å²) in [5.41, 5.74) is 3.08. The van der Waals surface area contributed by atoms with Crippen molar-refractivity contribution >= 4 is 29.0 Å². The number of piperidine rings is 1. The number of benzene rings is 3. The van der Waals surface area contributed by atoms with Gasteiger partial charge in [0.25, 0.3) is 5.91 Å². The van der Waals surface area contributed by atoms with Gasteiger partial charge in [0.2, 0.25) is 5.95 Å². The van der Waals surface area contributed by atoms with Crippen molar-refractivity contribution in [2.24, 2.45) is 0 Å². The largest absolute Gasteiger partial charge is 0.457 e. The van der Waals surface area contributed by atoms with Crippen LogP contribution in [0.2, 0.25) is 0 Å². The SMILES string of the molecule is Cc1cc(Nc2ccc(NC(=O)c3ccc(Oc4ccccc4)cc3)cc2)nc(N2CCCCC2)n1. The highest BCUT2D eigenvalue weighted by Crippen LogP contribution is 2.24. The molecular formula is C29H29N5O2. The van der Waals surface area contributed by atoms with Gasteiger partial charge < -0.3 is 20.3 Å². The van der Waals surface area contributed by atoms with Crippen molar-refractivity contribution in [1.82, 2.24) is 9.97 Å². The van der Waals surface area contributed by atoms with E-state index in [1.54, 1.807) is 24.3 Å². The number of nitrogens with one attached hydrogen (secondary N) is 2. The summed E-state index contributed by atoms with van der Waals surface area (Å²) in [7, 11) is 0. The van der Waals surface area contributed by atoms with Gasteiger partial charge in [-0.3, -0.25) is 4.79 Å². The molecule has 0 radical (unpaired) electrons. The van der Waals surface area contributed by atoms with Crippen molar-refractivity contribution in [2.75, 3.05) is 28.6 Å².